The van der Waals surface area contributed by atoms with Crippen LogP contribution in [-0.2, 0) is 11.0 Å². The maximum Gasteiger partial charge on any atom is 0.416 e. The van der Waals surface area contributed by atoms with Crippen molar-refractivity contribution in [2.24, 2.45) is 5.92 Å². The van der Waals surface area contributed by atoms with Gasteiger partial charge in [-0.1, -0.05) is 11.6 Å². The molecule has 1 aliphatic carbocycles. The van der Waals surface area contributed by atoms with E-state index in [0.29, 0.717) is 6.07 Å². The van der Waals surface area contributed by atoms with Crippen molar-refractivity contribution < 1.29 is 28.2 Å². The highest BCUT2D eigenvalue weighted by Gasteiger charge is 2.38. The molecule has 0 amide bonds. The molecule has 0 aliphatic heterocycles. The number of phenolic OH excluding ortho intramolecular Hbond substituents is 1. The molecule has 1 saturated carbocycles. The van der Waals surface area contributed by atoms with Gasteiger partial charge < -0.3 is 10.2 Å². The average Bonchev–Trinajstić information content (AvgIpc) is 3.08. The predicted octanol–water partition coefficient (Wildman–Crippen LogP) is 4.03. The Bertz CT molecular complexity index is 515. The molecule has 0 bridgehead atoms. The zero-order chi connectivity index (χ0) is 15.1. The zero-order valence-electron chi connectivity index (χ0n) is 10.2. The van der Waals surface area contributed by atoms with Crippen molar-refractivity contribution in [3.63, 3.8) is 0 Å². The summed E-state index contributed by atoms with van der Waals surface area (Å²) in [5.41, 5.74) is -0.946. The molecule has 0 heterocycles. The largest absolute Gasteiger partial charge is 0.508 e. The lowest BCUT2D eigenvalue weighted by atomic mass is 9.89. The topological polar surface area (TPSA) is 57.5 Å². The third kappa shape index (κ3) is 3.17. The number of hydrogen-bond acceptors (Lipinski definition) is 2. The summed E-state index contributed by atoms with van der Waals surface area (Å²) in [5, 5.41) is 18.5. The standard InChI is InChI=1S/C13H12ClF3O3/c14-9-3-7(13(15,16)17)4-10(18)12(9)8(5-11(19)20)6-1-2-6/h3-4,6,8,18H,1-2,5H2,(H,19,20). The molecule has 0 saturated heterocycles. The number of halogens is 4. The van der Waals surface area contributed by atoms with E-state index in [-0.39, 0.29) is 22.9 Å². The Hall–Kier alpha value is -1.43. The van der Waals surface area contributed by atoms with Gasteiger partial charge in [0.2, 0.25) is 0 Å². The number of aliphatic carboxylic acids is 1. The third-order valence-electron chi connectivity index (χ3n) is 3.39. The normalized spacial score (nSPS) is 17.0. The number of carbonyl (C=O) groups is 1. The number of carboxylic acid groups (broad SMARTS) is 1. The molecule has 1 unspecified atom stereocenters. The first-order chi connectivity index (χ1) is 9.20. The van der Waals surface area contributed by atoms with E-state index in [9.17, 15) is 23.1 Å². The number of carboxylic acids is 1. The van der Waals surface area contributed by atoms with Gasteiger partial charge in [-0.15, -0.1) is 0 Å². The van der Waals surface area contributed by atoms with Gasteiger partial charge in [0.05, 0.1) is 12.0 Å². The summed E-state index contributed by atoms with van der Waals surface area (Å²) < 4.78 is 37.8. The van der Waals surface area contributed by atoms with E-state index in [1.165, 1.54) is 0 Å². The van der Waals surface area contributed by atoms with Gasteiger partial charge in [-0.25, -0.2) is 0 Å². The number of rotatable bonds is 4. The molecule has 0 spiro atoms. The van der Waals surface area contributed by atoms with E-state index < -0.39 is 29.4 Å². The van der Waals surface area contributed by atoms with Crippen LogP contribution < -0.4 is 0 Å². The van der Waals surface area contributed by atoms with Crippen molar-refractivity contribution in [2.75, 3.05) is 0 Å². The van der Waals surface area contributed by atoms with E-state index >= 15 is 0 Å². The fraction of sp³-hybridized carbons (Fsp3) is 0.462. The van der Waals surface area contributed by atoms with E-state index in [1.807, 2.05) is 0 Å². The molecule has 1 fully saturated rings. The molecular formula is C13H12ClF3O3. The summed E-state index contributed by atoms with van der Waals surface area (Å²) in [5.74, 6) is -2.17. The van der Waals surface area contributed by atoms with Crippen LogP contribution in [0, 0.1) is 5.92 Å². The minimum absolute atomic E-state index is 0.0474. The van der Waals surface area contributed by atoms with E-state index in [0.717, 1.165) is 18.9 Å². The van der Waals surface area contributed by atoms with Crippen LogP contribution >= 0.6 is 11.6 Å². The van der Waals surface area contributed by atoms with Crippen LogP contribution in [0.2, 0.25) is 5.02 Å². The molecule has 0 radical (unpaired) electrons. The van der Waals surface area contributed by atoms with Crippen molar-refractivity contribution >= 4 is 17.6 Å². The molecule has 110 valence electrons. The van der Waals surface area contributed by atoms with Crippen LogP contribution in [0.15, 0.2) is 12.1 Å². The lowest BCUT2D eigenvalue weighted by Crippen LogP contribution is -2.11. The Morgan fingerprint density at radius 3 is 2.40 bits per heavy atom. The first-order valence-corrected chi connectivity index (χ1v) is 6.39. The lowest BCUT2D eigenvalue weighted by Gasteiger charge is -2.19. The summed E-state index contributed by atoms with van der Waals surface area (Å²) in [7, 11) is 0. The summed E-state index contributed by atoms with van der Waals surface area (Å²) in [6, 6.07) is 1.33. The number of aromatic hydroxyl groups is 1. The van der Waals surface area contributed by atoms with Gasteiger partial charge in [-0.3, -0.25) is 4.79 Å². The number of benzene rings is 1. The second kappa shape index (κ2) is 5.16. The highest BCUT2D eigenvalue weighted by molar-refractivity contribution is 6.31. The van der Waals surface area contributed by atoms with Gasteiger partial charge in [-0.2, -0.15) is 13.2 Å². The predicted molar refractivity (Wildman–Crippen MR) is 65.8 cm³/mol. The van der Waals surface area contributed by atoms with Crippen molar-refractivity contribution in [3.05, 3.63) is 28.3 Å². The second-order valence-corrected chi connectivity index (χ2v) is 5.34. The van der Waals surface area contributed by atoms with Crippen LogP contribution in [0.3, 0.4) is 0 Å². The summed E-state index contributed by atoms with van der Waals surface area (Å²) in [6.07, 6.45) is -3.30. The SMILES string of the molecule is O=C(O)CC(c1c(O)cc(C(F)(F)F)cc1Cl)C1CC1. The fourth-order valence-electron chi connectivity index (χ4n) is 2.33. The zero-order valence-corrected chi connectivity index (χ0v) is 11.0. The molecule has 1 aromatic rings. The first-order valence-electron chi connectivity index (χ1n) is 6.01. The van der Waals surface area contributed by atoms with Crippen molar-refractivity contribution in [2.45, 2.75) is 31.4 Å². The Labute approximate surface area is 118 Å². The van der Waals surface area contributed by atoms with E-state index in [1.54, 1.807) is 0 Å². The first kappa shape index (κ1) is 15.0. The maximum absolute atomic E-state index is 12.6. The average molecular weight is 309 g/mol. The van der Waals surface area contributed by atoms with Gasteiger partial charge in [-0.05, 0) is 30.9 Å². The quantitative estimate of drug-likeness (QED) is 0.883. The van der Waals surface area contributed by atoms with Crippen LogP contribution in [0.1, 0.15) is 36.3 Å². The van der Waals surface area contributed by atoms with E-state index in [2.05, 4.69) is 0 Å². The molecule has 1 aliphatic rings. The molecule has 7 heteroatoms. The smallest absolute Gasteiger partial charge is 0.416 e. The fourth-order valence-corrected chi connectivity index (χ4v) is 2.68. The highest BCUT2D eigenvalue weighted by Crippen LogP contribution is 2.50. The monoisotopic (exact) mass is 308 g/mol. The third-order valence-corrected chi connectivity index (χ3v) is 3.70. The summed E-state index contributed by atoms with van der Waals surface area (Å²) in [4.78, 5) is 10.9. The Morgan fingerprint density at radius 2 is 2.00 bits per heavy atom. The molecule has 1 aromatic carbocycles. The van der Waals surface area contributed by atoms with Gasteiger partial charge in [0.1, 0.15) is 5.75 Å². The molecule has 1 atom stereocenters. The summed E-state index contributed by atoms with van der Waals surface area (Å²) in [6.45, 7) is 0. The van der Waals surface area contributed by atoms with Gasteiger partial charge >= 0.3 is 12.1 Å². The van der Waals surface area contributed by atoms with Crippen LogP contribution in [0.5, 0.6) is 5.75 Å². The van der Waals surface area contributed by atoms with Gasteiger partial charge in [0, 0.05) is 16.5 Å². The molecule has 2 N–H and O–H groups in total. The van der Waals surface area contributed by atoms with Crippen LogP contribution in [-0.4, -0.2) is 16.2 Å². The number of hydrogen-bond donors (Lipinski definition) is 2. The van der Waals surface area contributed by atoms with Crippen LogP contribution in [0.25, 0.3) is 0 Å². The second-order valence-electron chi connectivity index (χ2n) is 4.93. The molecule has 2 rings (SSSR count). The molecule has 0 aromatic heterocycles. The minimum atomic E-state index is -4.61. The maximum atomic E-state index is 12.6. The molecule has 20 heavy (non-hydrogen) atoms. The van der Waals surface area contributed by atoms with Gasteiger partial charge in [0.25, 0.3) is 0 Å². The van der Waals surface area contributed by atoms with Crippen LogP contribution in [0.4, 0.5) is 13.2 Å². The summed E-state index contributed by atoms with van der Waals surface area (Å²) >= 11 is 5.84. The Balaban J connectivity index is 2.42. The van der Waals surface area contributed by atoms with Crippen molar-refractivity contribution in [3.8, 4) is 5.75 Å². The highest BCUT2D eigenvalue weighted by atomic mass is 35.5. The lowest BCUT2D eigenvalue weighted by molar-refractivity contribution is -0.138. The Morgan fingerprint density at radius 1 is 1.40 bits per heavy atom. The van der Waals surface area contributed by atoms with Crippen molar-refractivity contribution in [1.29, 1.82) is 0 Å². The Kier molecular flexibility index (Phi) is 3.86. The molecular weight excluding hydrogens is 297 g/mol. The minimum Gasteiger partial charge on any atom is -0.508 e. The van der Waals surface area contributed by atoms with E-state index in [4.69, 9.17) is 16.7 Å². The number of alkyl halides is 3. The number of phenols is 1. The van der Waals surface area contributed by atoms with Crippen molar-refractivity contribution in [1.82, 2.24) is 0 Å². The molecule has 3 nitrogen and oxygen atoms in total. The van der Waals surface area contributed by atoms with Gasteiger partial charge in [0.15, 0.2) is 0 Å².